The highest BCUT2D eigenvalue weighted by Gasteiger charge is 2.18. The Morgan fingerprint density at radius 2 is 1.44 bits per heavy atom. The van der Waals surface area contributed by atoms with Crippen LogP contribution >= 0.6 is 12.2 Å². The van der Waals surface area contributed by atoms with Crippen molar-refractivity contribution >= 4 is 29.2 Å². The number of amides is 1. The van der Waals surface area contributed by atoms with Crippen molar-refractivity contribution in [2.24, 2.45) is 0 Å². The third kappa shape index (κ3) is 9.48. The van der Waals surface area contributed by atoms with Gasteiger partial charge in [-0.25, -0.2) is 0 Å². The molecule has 0 aliphatic heterocycles. The largest absolute Gasteiger partial charge is 0.481 e. The third-order valence-electron chi connectivity index (χ3n) is 5.53. The van der Waals surface area contributed by atoms with Crippen LogP contribution in [0.1, 0.15) is 30.0 Å². The summed E-state index contributed by atoms with van der Waals surface area (Å²) in [5, 5.41) is 22.2. The van der Waals surface area contributed by atoms with Crippen LogP contribution in [-0.4, -0.2) is 41.7 Å². The summed E-state index contributed by atoms with van der Waals surface area (Å²) in [6.07, 6.45) is 0.591. The zero-order valence-electron chi connectivity index (χ0n) is 20.1. The van der Waals surface area contributed by atoms with Crippen LogP contribution in [0.4, 0.5) is 0 Å². The zero-order chi connectivity index (χ0) is 25.6. The minimum atomic E-state index is -0.969. The number of hydrogen-bond donors (Lipinski definition) is 5. The van der Waals surface area contributed by atoms with Crippen molar-refractivity contribution in [1.29, 1.82) is 0 Å². The fourth-order valence-corrected chi connectivity index (χ4v) is 3.84. The molecule has 0 fully saturated rings. The lowest BCUT2D eigenvalue weighted by Gasteiger charge is -2.18. The molecule has 188 valence electrons. The number of rotatable bonds is 13. The number of nitrogens with one attached hydrogen (secondary N) is 4. The van der Waals surface area contributed by atoms with E-state index in [-0.39, 0.29) is 18.9 Å². The second kappa shape index (κ2) is 14.6. The van der Waals surface area contributed by atoms with Crippen LogP contribution in [0.25, 0.3) is 11.1 Å². The summed E-state index contributed by atoms with van der Waals surface area (Å²) in [5.74, 6) is -1.22. The molecule has 1 amide bonds. The van der Waals surface area contributed by atoms with E-state index in [9.17, 15) is 14.7 Å². The van der Waals surface area contributed by atoms with Gasteiger partial charge in [0, 0.05) is 13.1 Å². The lowest BCUT2D eigenvalue weighted by Crippen LogP contribution is -2.39. The van der Waals surface area contributed by atoms with Crippen molar-refractivity contribution < 1.29 is 14.7 Å². The number of aliphatic carboxylic acids is 1. The van der Waals surface area contributed by atoms with Gasteiger partial charge in [0.2, 0.25) is 5.91 Å². The van der Waals surface area contributed by atoms with Crippen molar-refractivity contribution in [2.45, 2.75) is 25.4 Å². The second-order valence-corrected chi connectivity index (χ2v) is 8.74. The average molecular weight is 505 g/mol. The van der Waals surface area contributed by atoms with E-state index in [1.165, 1.54) is 0 Å². The lowest BCUT2D eigenvalue weighted by atomic mass is 9.99. The molecule has 3 rings (SSSR count). The monoisotopic (exact) mass is 504 g/mol. The summed E-state index contributed by atoms with van der Waals surface area (Å²) >= 11 is 5.28. The number of benzene rings is 3. The highest BCUT2D eigenvalue weighted by Crippen LogP contribution is 2.23. The van der Waals surface area contributed by atoms with Gasteiger partial charge in [-0.3, -0.25) is 9.59 Å². The normalized spacial score (nSPS) is 11.3. The molecule has 0 radical (unpaired) electrons. The first kappa shape index (κ1) is 26.8. The van der Waals surface area contributed by atoms with Crippen molar-refractivity contribution in [3.05, 3.63) is 96.1 Å². The average Bonchev–Trinajstić information content (AvgIpc) is 2.90. The molecule has 0 aliphatic rings. The molecule has 0 spiro atoms. The molecule has 1 unspecified atom stereocenters. The fourth-order valence-electron chi connectivity index (χ4n) is 3.67. The summed E-state index contributed by atoms with van der Waals surface area (Å²) in [7, 11) is 0. The Kier molecular flexibility index (Phi) is 10.9. The Hall–Kier alpha value is -3.75. The third-order valence-corrected chi connectivity index (χ3v) is 5.82. The highest BCUT2D eigenvalue weighted by atomic mass is 32.1. The van der Waals surface area contributed by atoms with Gasteiger partial charge in [-0.15, -0.1) is 0 Å². The molecule has 3 aromatic carbocycles. The molecular weight excluding hydrogens is 472 g/mol. The molecule has 36 heavy (non-hydrogen) atoms. The number of carbonyl (C=O) groups excluding carboxylic acids is 1. The number of thiocarbonyl (C=S) groups is 1. The Labute approximate surface area is 217 Å². The summed E-state index contributed by atoms with van der Waals surface area (Å²) < 4.78 is 0. The van der Waals surface area contributed by atoms with Gasteiger partial charge in [-0.2, -0.15) is 0 Å². The fraction of sp³-hybridized carbons (Fsp3) is 0.250. The maximum Gasteiger partial charge on any atom is 0.305 e. The Balaban J connectivity index is 1.37. The summed E-state index contributed by atoms with van der Waals surface area (Å²) in [6, 6.07) is 27.0. The van der Waals surface area contributed by atoms with Gasteiger partial charge in [-0.05, 0) is 47.4 Å². The predicted octanol–water partition coefficient (Wildman–Crippen LogP) is 3.63. The van der Waals surface area contributed by atoms with E-state index < -0.39 is 12.0 Å². The Morgan fingerprint density at radius 1 is 0.806 bits per heavy atom. The standard InChI is InChI=1S/C28H32N4O3S/c33-26(20-29-16-7-17-30-28(36)31-19-21-8-3-1-4-9-21)32-25(18-27(34)35)24-14-12-23(13-15-24)22-10-5-2-6-11-22/h1-6,8-15,25,29H,7,16-20H2,(H,32,33)(H,34,35)(H2,30,31,36). The maximum absolute atomic E-state index is 12.4. The van der Waals surface area contributed by atoms with Crippen molar-refractivity contribution in [3.8, 4) is 11.1 Å². The lowest BCUT2D eigenvalue weighted by molar-refractivity contribution is -0.137. The number of carboxylic acids is 1. The molecular formula is C28H32N4O3S. The first-order valence-electron chi connectivity index (χ1n) is 11.9. The van der Waals surface area contributed by atoms with Crippen LogP contribution in [0, 0.1) is 0 Å². The van der Waals surface area contributed by atoms with Crippen molar-refractivity contribution in [1.82, 2.24) is 21.3 Å². The first-order valence-corrected chi connectivity index (χ1v) is 12.3. The predicted molar refractivity (Wildman–Crippen MR) is 146 cm³/mol. The quantitative estimate of drug-likeness (QED) is 0.179. The molecule has 7 nitrogen and oxygen atoms in total. The molecule has 8 heteroatoms. The van der Waals surface area contributed by atoms with Gasteiger partial charge in [-0.1, -0.05) is 84.9 Å². The minimum Gasteiger partial charge on any atom is -0.481 e. The van der Waals surface area contributed by atoms with Gasteiger partial charge in [0.25, 0.3) is 0 Å². The molecule has 0 aliphatic carbocycles. The Bertz CT molecular complexity index is 1110. The van der Waals surface area contributed by atoms with Crippen LogP contribution < -0.4 is 21.3 Å². The number of carboxylic acid groups (broad SMARTS) is 1. The van der Waals surface area contributed by atoms with E-state index in [1.807, 2.05) is 84.9 Å². The van der Waals surface area contributed by atoms with E-state index >= 15 is 0 Å². The van der Waals surface area contributed by atoms with Crippen molar-refractivity contribution in [3.63, 3.8) is 0 Å². The van der Waals surface area contributed by atoms with Crippen LogP contribution in [0.15, 0.2) is 84.9 Å². The first-order chi connectivity index (χ1) is 17.5. The smallest absolute Gasteiger partial charge is 0.305 e. The molecule has 1 atom stereocenters. The summed E-state index contributed by atoms with van der Waals surface area (Å²) in [5.41, 5.74) is 4.02. The molecule has 0 saturated carbocycles. The van der Waals surface area contributed by atoms with Gasteiger partial charge < -0.3 is 26.4 Å². The number of carbonyl (C=O) groups is 2. The molecule has 3 aromatic rings. The molecule has 0 heterocycles. The molecule has 0 saturated heterocycles. The maximum atomic E-state index is 12.4. The van der Waals surface area contributed by atoms with Gasteiger partial charge in [0.1, 0.15) is 0 Å². The summed E-state index contributed by atoms with van der Waals surface area (Å²) in [6.45, 7) is 2.06. The minimum absolute atomic E-state index is 0.106. The van der Waals surface area contributed by atoms with E-state index in [0.29, 0.717) is 24.7 Å². The van der Waals surface area contributed by atoms with E-state index in [0.717, 1.165) is 28.7 Å². The van der Waals surface area contributed by atoms with Crippen LogP contribution in [0.2, 0.25) is 0 Å². The van der Waals surface area contributed by atoms with E-state index in [2.05, 4.69) is 21.3 Å². The molecule has 0 bridgehead atoms. The highest BCUT2D eigenvalue weighted by molar-refractivity contribution is 7.80. The van der Waals surface area contributed by atoms with Gasteiger partial charge in [0.15, 0.2) is 5.11 Å². The Morgan fingerprint density at radius 3 is 2.11 bits per heavy atom. The van der Waals surface area contributed by atoms with Gasteiger partial charge >= 0.3 is 5.97 Å². The van der Waals surface area contributed by atoms with E-state index in [4.69, 9.17) is 12.2 Å². The second-order valence-electron chi connectivity index (χ2n) is 8.33. The number of hydrogen-bond acceptors (Lipinski definition) is 4. The zero-order valence-corrected chi connectivity index (χ0v) is 20.9. The van der Waals surface area contributed by atoms with E-state index in [1.54, 1.807) is 0 Å². The van der Waals surface area contributed by atoms with Crippen LogP contribution in [0.5, 0.6) is 0 Å². The van der Waals surface area contributed by atoms with Gasteiger partial charge in [0.05, 0.1) is 19.0 Å². The van der Waals surface area contributed by atoms with Crippen LogP contribution in [0.3, 0.4) is 0 Å². The summed E-state index contributed by atoms with van der Waals surface area (Å²) in [4.78, 5) is 23.8. The SMILES string of the molecule is O=C(O)CC(NC(=O)CNCCCNC(=S)NCc1ccccc1)c1ccc(-c2ccccc2)cc1. The van der Waals surface area contributed by atoms with Crippen molar-refractivity contribution in [2.75, 3.05) is 19.6 Å². The molecule has 5 N–H and O–H groups in total. The molecule has 0 aromatic heterocycles. The van der Waals surface area contributed by atoms with Crippen LogP contribution in [-0.2, 0) is 16.1 Å². The topological polar surface area (TPSA) is 102 Å².